The number of hydrogen-bond acceptors (Lipinski definition) is 5. The van der Waals surface area contributed by atoms with Crippen LogP contribution in [0.25, 0.3) is 0 Å². The average molecular weight is 328 g/mol. The maximum atomic E-state index is 12.2. The summed E-state index contributed by atoms with van der Waals surface area (Å²) in [6.45, 7) is 1.03. The zero-order valence-electron chi connectivity index (χ0n) is 13.7. The minimum atomic E-state index is -0.118. The molecular formula is C18H20N2O4. The van der Waals surface area contributed by atoms with Gasteiger partial charge in [0.15, 0.2) is 11.5 Å². The average Bonchev–Trinajstić information content (AvgIpc) is 3.06. The first-order valence-electron chi connectivity index (χ1n) is 7.71. The largest absolute Gasteiger partial charge is 0.492 e. The summed E-state index contributed by atoms with van der Waals surface area (Å²) in [5.41, 5.74) is 1.61. The molecule has 0 aromatic heterocycles. The second-order valence-electron chi connectivity index (χ2n) is 5.56. The monoisotopic (exact) mass is 328 g/mol. The Labute approximate surface area is 140 Å². The molecule has 0 unspecified atom stereocenters. The molecular weight excluding hydrogens is 308 g/mol. The highest BCUT2D eigenvalue weighted by Gasteiger charge is 2.13. The molecule has 0 spiro atoms. The molecule has 24 heavy (non-hydrogen) atoms. The number of hydrogen-bond donors (Lipinski definition) is 1. The van der Waals surface area contributed by atoms with Crippen LogP contribution in [0, 0.1) is 0 Å². The predicted molar refractivity (Wildman–Crippen MR) is 91.2 cm³/mol. The van der Waals surface area contributed by atoms with Crippen molar-refractivity contribution >= 4 is 11.6 Å². The van der Waals surface area contributed by atoms with Crippen molar-refractivity contribution in [3.05, 3.63) is 48.0 Å². The van der Waals surface area contributed by atoms with Crippen LogP contribution in [-0.4, -0.2) is 39.9 Å². The SMILES string of the molecule is CN(C)c1cccc(C(=O)NCCOc2ccc3c(c2)OCO3)c1. The van der Waals surface area contributed by atoms with Gasteiger partial charge in [0.05, 0.1) is 6.54 Å². The molecule has 126 valence electrons. The van der Waals surface area contributed by atoms with E-state index >= 15 is 0 Å². The summed E-state index contributed by atoms with van der Waals surface area (Å²) in [5.74, 6) is 1.96. The van der Waals surface area contributed by atoms with E-state index < -0.39 is 0 Å². The van der Waals surface area contributed by atoms with Crippen molar-refractivity contribution in [2.24, 2.45) is 0 Å². The molecule has 3 rings (SSSR count). The van der Waals surface area contributed by atoms with Crippen LogP contribution in [0.4, 0.5) is 5.69 Å². The van der Waals surface area contributed by atoms with Gasteiger partial charge in [-0.25, -0.2) is 0 Å². The number of rotatable bonds is 6. The molecule has 1 aliphatic heterocycles. The van der Waals surface area contributed by atoms with E-state index in [1.807, 2.05) is 49.3 Å². The summed E-state index contributed by atoms with van der Waals surface area (Å²) in [6, 6.07) is 12.9. The lowest BCUT2D eigenvalue weighted by Gasteiger charge is -2.13. The summed E-state index contributed by atoms with van der Waals surface area (Å²) in [4.78, 5) is 14.1. The number of anilines is 1. The van der Waals surface area contributed by atoms with Crippen LogP contribution in [0.2, 0.25) is 0 Å². The summed E-state index contributed by atoms with van der Waals surface area (Å²) < 4.78 is 16.2. The van der Waals surface area contributed by atoms with Crippen molar-refractivity contribution in [1.82, 2.24) is 5.32 Å². The fourth-order valence-electron chi connectivity index (χ4n) is 2.33. The van der Waals surface area contributed by atoms with Gasteiger partial charge in [0.25, 0.3) is 5.91 Å². The van der Waals surface area contributed by atoms with Gasteiger partial charge in [0.2, 0.25) is 6.79 Å². The van der Waals surface area contributed by atoms with E-state index in [2.05, 4.69) is 5.32 Å². The molecule has 0 fully saturated rings. The summed E-state index contributed by atoms with van der Waals surface area (Å²) in [5, 5.41) is 2.85. The number of amides is 1. The Morgan fingerprint density at radius 3 is 2.83 bits per heavy atom. The molecule has 0 saturated carbocycles. The number of nitrogens with zero attached hydrogens (tertiary/aromatic N) is 1. The molecule has 0 bridgehead atoms. The van der Waals surface area contributed by atoms with E-state index in [-0.39, 0.29) is 12.7 Å². The smallest absolute Gasteiger partial charge is 0.251 e. The zero-order chi connectivity index (χ0) is 16.9. The van der Waals surface area contributed by atoms with Crippen molar-refractivity contribution in [2.75, 3.05) is 38.9 Å². The summed E-state index contributed by atoms with van der Waals surface area (Å²) in [7, 11) is 3.88. The molecule has 0 saturated heterocycles. The van der Waals surface area contributed by atoms with E-state index in [9.17, 15) is 4.79 Å². The van der Waals surface area contributed by atoms with E-state index in [1.165, 1.54) is 0 Å². The second-order valence-corrected chi connectivity index (χ2v) is 5.56. The second kappa shape index (κ2) is 7.12. The molecule has 0 aliphatic carbocycles. The quantitative estimate of drug-likeness (QED) is 0.825. The summed E-state index contributed by atoms with van der Waals surface area (Å²) in [6.07, 6.45) is 0. The first kappa shape index (κ1) is 16.0. The third-order valence-corrected chi connectivity index (χ3v) is 3.63. The predicted octanol–water partition coefficient (Wildman–Crippen LogP) is 2.29. The Morgan fingerprint density at radius 1 is 1.17 bits per heavy atom. The number of fused-ring (bicyclic) bond motifs is 1. The van der Waals surface area contributed by atoms with Crippen LogP contribution in [-0.2, 0) is 0 Å². The maximum Gasteiger partial charge on any atom is 0.251 e. The van der Waals surface area contributed by atoms with Crippen molar-refractivity contribution < 1.29 is 19.0 Å². The number of carbonyl (C=O) groups excluding carboxylic acids is 1. The molecule has 1 aliphatic rings. The van der Waals surface area contributed by atoms with Crippen molar-refractivity contribution in [1.29, 1.82) is 0 Å². The molecule has 1 heterocycles. The van der Waals surface area contributed by atoms with Gasteiger partial charge in [0.1, 0.15) is 12.4 Å². The highest BCUT2D eigenvalue weighted by Crippen LogP contribution is 2.34. The third-order valence-electron chi connectivity index (χ3n) is 3.63. The molecule has 6 nitrogen and oxygen atoms in total. The van der Waals surface area contributed by atoms with Crippen molar-refractivity contribution in [2.45, 2.75) is 0 Å². The summed E-state index contributed by atoms with van der Waals surface area (Å²) >= 11 is 0. The number of ether oxygens (including phenoxy) is 3. The molecule has 0 atom stereocenters. The highest BCUT2D eigenvalue weighted by molar-refractivity contribution is 5.95. The Kier molecular flexibility index (Phi) is 4.74. The fourth-order valence-corrected chi connectivity index (χ4v) is 2.33. The van der Waals surface area contributed by atoms with Crippen LogP contribution in [0.1, 0.15) is 10.4 Å². The van der Waals surface area contributed by atoms with Gasteiger partial charge in [-0.05, 0) is 30.3 Å². The zero-order valence-corrected chi connectivity index (χ0v) is 13.7. The Balaban J connectivity index is 1.48. The number of carbonyl (C=O) groups is 1. The van der Waals surface area contributed by atoms with Gasteiger partial charge in [-0.1, -0.05) is 6.07 Å². The van der Waals surface area contributed by atoms with Gasteiger partial charge in [0, 0.05) is 31.4 Å². The lowest BCUT2D eigenvalue weighted by Crippen LogP contribution is -2.28. The van der Waals surface area contributed by atoms with Gasteiger partial charge in [-0.2, -0.15) is 0 Å². The van der Waals surface area contributed by atoms with Gasteiger partial charge in [-0.15, -0.1) is 0 Å². The highest BCUT2D eigenvalue weighted by atomic mass is 16.7. The molecule has 0 radical (unpaired) electrons. The minimum absolute atomic E-state index is 0.118. The fraction of sp³-hybridized carbons (Fsp3) is 0.278. The number of nitrogens with one attached hydrogen (secondary N) is 1. The lowest BCUT2D eigenvalue weighted by molar-refractivity contribution is 0.0947. The Hall–Kier alpha value is -2.89. The van der Waals surface area contributed by atoms with E-state index in [4.69, 9.17) is 14.2 Å². The van der Waals surface area contributed by atoms with E-state index in [0.717, 1.165) is 11.4 Å². The molecule has 1 N–H and O–H groups in total. The lowest BCUT2D eigenvalue weighted by atomic mass is 10.2. The molecule has 1 amide bonds. The van der Waals surface area contributed by atoms with Crippen LogP contribution in [0.5, 0.6) is 17.2 Å². The van der Waals surface area contributed by atoms with Crippen LogP contribution in [0.3, 0.4) is 0 Å². The first-order valence-corrected chi connectivity index (χ1v) is 7.71. The standard InChI is InChI=1S/C18H20N2O4/c1-20(2)14-5-3-4-13(10-14)18(21)19-8-9-22-15-6-7-16-17(11-15)24-12-23-16/h3-7,10-11H,8-9,12H2,1-2H3,(H,19,21). The van der Waals surface area contributed by atoms with Crippen molar-refractivity contribution in [3.63, 3.8) is 0 Å². The first-order chi connectivity index (χ1) is 11.6. The van der Waals surface area contributed by atoms with Crippen LogP contribution < -0.4 is 24.4 Å². The minimum Gasteiger partial charge on any atom is -0.492 e. The Bertz CT molecular complexity index is 731. The van der Waals surface area contributed by atoms with Crippen LogP contribution >= 0.6 is 0 Å². The maximum absolute atomic E-state index is 12.2. The topological polar surface area (TPSA) is 60.0 Å². The van der Waals surface area contributed by atoms with Gasteiger partial charge in [-0.3, -0.25) is 4.79 Å². The van der Waals surface area contributed by atoms with Crippen LogP contribution in [0.15, 0.2) is 42.5 Å². The van der Waals surface area contributed by atoms with Crippen molar-refractivity contribution in [3.8, 4) is 17.2 Å². The molecule has 2 aromatic carbocycles. The van der Waals surface area contributed by atoms with Gasteiger partial charge < -0.3 is 24.4 Å². The van der Waals surface area contributed by atoms with E-state index in [1.54, 1.807) is 12.1 Å². The van der Waals surface area contributed by atoms with E-state index in [0.29, 0.717) is 30.2 Å². The third kappa shape index (κ3) is 3.71. The van der Waals surface area contributed by atoms with Gasteiger partial charge >= 0.3 is 0 Å². The molecule has 2 aromatic rings. The Morgan fingerprint density at radius 2 is 2.00 bits per heavy atom. The molecule has 6 heteroatoms. The normalized spacial score (nSPS) is 11.9. The number of benzene rings is 2.